The van der Waals surface area contributed by atoms with Crippen LogP contribution in [0.25, 0.3) is 10.2 Å². The molecule has 4 nitrogen and oxygen atoms in total. The molecular weight excluding hydrogens is 258 g/mol. The standard InChI is InChI=1S/C14H19N3OS/c1-10-8-19-13-12(10)16-9-17-14(13)18-6-4-11-3-2-5-15-7-11/h8-9,11,15H,2-7H2,1H3. The zero-order valence-corrected chi connectivity index (χ0v) is 12.0. The molecule has 0 spiro atoms. The number of nitrogens with zero attached hydrogens (tertiary/aromatic N) is 2. The number of hydrogen-bond acceptors (Lipinski definition) is 5. The van der Waals surface area contributed by atoms with Crippen LogP contribution in [0.3, 0.4) is 0 Å². The van der Waals surface area contributed by atoms with Crippen molar-refractivity contribution in [3.8, 4) is 5.88 Å². The van der Waals surface area contributed by atoms with E-state index in [0.717, 1.165) is 41.6 Å². The van der Waals surface area contributed by atoms with E-state index in [1.54, 1.807) is 17.7 Å². The Hall–Kier alpha value is -1.20. The zero-order valence-electron chi connectivity index (χ0n) is 11.2. The third-order valence-corrected chi connectivity index (χ3v) is 4.74. The second kappa shape index (κ2) is 5.84. The Morgan fingerprint density at radius 1 is 1.47 bits per heavy atom. The number of aryl methyl sites for hydroxylation is 1. The fraction of sp³-hybridized carbons (Fsp3) is 0.571. The van der Waals surface area contributed by atoms with Gasteiger partial charge in [0, 0.05) is 0 Å². The van der Waals surface area contributed by atoms with Crippen LogP contribution < -0.4 is 10.1 Å². The van der Waals surface area contributed by atoms with Gasteiger partial charge in [-0.2, -0.15) is 0 Å². The van der Waals surface area contributed by atoms with Gasteiger partial charge in [0.15, 0.2) is 0 Å². The van der Waals surface area contributed by atoms with Crippen LogP contribution >= 0.6 is 11.3 Å². The van der Waals surface area contributed by atoms with Crippen LogP contribution in [-0.4, -0.2) is 29.7 Å². The van der Waals surface area contributed by atoms with Gasteiger partial charge in [0.25, 0.3) is 0 Å². The van der Waals surface area contributed by atoms with Gasteiger partial charge in [-0.3, -0.25) is 0 Å². The first-order valence-electron chi connectivity index (χ1n) is 6.87. The van der Waals surface area contributed by atoms with Crippen molar-refractivity contribution in [3.63, 3.8) is 0 Å². The number of fused-ring (bicyclic) bond motifs is 1. The summed E-state index contributed by atoms with van der Waals surface area (Å²) in [6, 6.07) is 0. The largest absolute Gasteiger partial charge is 0.477 e. The van der Waals surface area contributed by atoms with Crippen LogP contribution in [0, 0.1) is 12.8 Å². The number of piperidine rings is 1. The number of nitrogens with one attached hydrogen (secondary N) is 1. The van der Waals surface area contributed by atoms with Gasteiger partial charge in [0.2, 0.25) is 5.88 Å². The maximum absolute atomic E-state index is 5.87. The van der Waals surface area contributed by atoms with Gasteiger partial charge < -0.3 is 10.1 Å². The van der Waals surface area contributed by atoms with Crippen LogP contribution in [0.15, 0.2) is 11.7 Å². The first-order valence-corrected chi connectivity index (χ1v) is 7.75. The van der Waals surface area contributed by atoms with E-state index in [1.165, 1.54) is 24.9 Å². The van der Waals surface area contributed by atoms with Crippen LogP contribution in [-0.2, 0) is 0 Å². The second-order valence-electron chi connectivity index (χ2n) is 5.12. The Morgan fingerprint density at radius 2 is 2.42 bits per heavy atom. The van der Waals surface area contributed by atoms with E-state index in [2.05, 4.69) is 27.6 Å². The van der Waals surface area contributed by atoms with Crippen molar-refractivity contribution < 1.29 is 4.74 Å². The van der Waals surface area contributed by atoms with E-state index in [0.29, 0.717) is 0 Å². The zero-order chi connectivity index (χ0) is 13.1. The van der Waals surface area contributed by atoms with E-state index in [4.69, 9.17) is 4.74 Å². The molecule has 19 heavy (non-hydrogen) atoms. The van der Waals surface area contributed by atoms with Crippen molar-refractivity contribution >= 4 is 21.6 Å². The minimum atomic E-state index is 0.742. The number of aromatic nitrogens is 2. The van der Waals surface area contributed by atoms with Gasteiger partial charge in [-0.05, 0) is 56.1 Å². The number of hydrogen-bond donors (Lipinski definition) is 1. The topological polar surface area (TPSA) is 47.0 Å². The third-order valence-electron chi connectivity index (χ3n) is 3.66. The molecule has 1 fully saturated rings. The second-order valence-corrected chi connectivity index (χ2v) is 6.00. The van der Waals surface area contributed by atoms with Crippen molar-refractivity contribution in [2.45, 2.75) is 26.2 Å². The highest BCUT2D eigenvalue weighted by Gasteiger charge is 2.14. The normalized spacial score (nSPS) is 19.7. The van der Waals surface area contributed by atoms with E-state index >= 15 is 0 Å². The molecule has 102 valence electrons. The summed E-state index contributed by atoms with van der Waals surface area (Å²) in [5.74, 6) is 1.49. The molecule has 0 aromatic carbocycles. The molecule has 5 heteroatoms. The summed E-state index contributed by atoms with van der Waals surface area (Å²) in [7, 11) is 0. The highest BCUT2D eigenvalue weighted by molar-refractivity contribution is 7.17. The molecule has 3 heterocycles. The van der Waals surface area contributed by atoms with Crippen LogP contribution in [0.2, 0.25) is 0 Å². The summed E-state index contributed by atoms with van der Waals surface area (Å²) in [6.07, 6.45) is 5.29. The van der Waals surface area contributed by atoms with Crippen molar-refractivity contribution in [1.82, 2.24) is 15.3 Å². The first kappa shape index (κ1) is 12.8. The molecule has 3 rings (SSSR count). The van der Waals surface area contributed by atoms with E-state index in [9.17, 15) is 0 Å². The molecule has 0 radical (unpaired) electrons. The molecule has 1 aliphatic rings. The van der Waals surface area contributed by atoms with E-state index in [-0.39, 0.29) is 0 Å². The van der Waals surface area contributed by atoms with Gasteiger partial charge in [-0.25, -0.2) is 9.97 Å². The van der Waals surface area contributed by atoms with Crippen molar-refractivity contribution in [3.05, 3.63) is 17.3 Å². The summed E-state index contributed by atoms with van der Waals surface area (Å²) < 4.78 is 6.94. The summed E-state index contributed by atoms with van der Waals surface area (Å²) in [6.45, 7) is 5.11. The third kappa shape index (κ3) is 2.87. The highest BCUT2D eigenvalue weighted by atomic mass is 32.1. The Kier molecular flexibility index (Phi) is 3.94. The lowest BCUT2D eigenvalue weighted by Crippen LogP contribution is -2.30. The molecule has 1 unspecified atom stereocenters. The summed E-state index contributed by atoms with van der Waals surface area (Å²) in [5.41, 5.74) is 2.22. The maximum Gasteiger partial charge on any atom is 0.234 e. The van der Waals surface area contributed by atoms with Gasteiger partial charge in [0.1, 0.15) is 11.0 Å². The van der Waals surface area contributed by atoms with Gasteiger partial charge in [0.05, 0.1) is 12.1 Å². The average Bonchev–Trinajstić information content (AvgIpc) is 2.83. The minimum absolute atomic E-state index is 0.742. The highest BCUT2D eigenvalue weighted by Crippen LogP contribution is 2.30. The van der Waals surface area contributed by atoms with Crippen LogP contribution in [0.5, 0.6) is 5.88 Å². The smallest absolute Gasteiger partial charge is 0.234 e. The van der Waals surface area contributed by atoms with Gasteiger partial charge >= 0.3 is 0 Å². The minimum Gasteiger partial charge on any atom is -0.477 e. The SMILES string of the molecule is Cc1csc2c(OCCC3CCCNC3)ncnc12. The molecule has 1 atom stereocenters. The lowest BCUT2D eigenvalue weighted by Gasteiger charge is -2.22. The molecule has 1 aliphatic heterocycles. The maximum atomic E-state index is 5.87. The van der Waals surface area contributed by atoms with E-state index in [1.807, 2.05) is 0 Å². The average molecular weight is 277 g/mol. The van der Waals surface area contributed by atoms with Crippen molar-refractivity contribution in [2.75, 3.05) is 19.7 Å². The number of ether oxygens (including phenoxy) is 1. The predicted octanol–water partition coefficient (Wildman–Crippen LogP) is 2.77. The van der Waals surface area contributed by atoms with Gasteiger partial charge in [-0.15, -0.1) is 11.3 Å². The first-order chi connectivity index (χ1) is 9.34. The number of rotatable bonds is 4. The summed E-state index contributed by atoms with van der Waals surface area (Å²) in [4.78, 5) is 8.57. The Labute approximate surface area is 117 Å². The molecule has 0 saturated carbocycles. The lowest BCUT2D eigenvalue weighted by atomic mass is 9.97. The fourth-order valence-corrected chi connectivity index (χ4v) is 3.49. The molecule has 0 amide bonds. The molecule has 0 aliphatic carbocycles. The van der Waals surface area contributed by atoms with Crippen LogP contribution in [0.4, 0.5) is 0 Å². The van der Waals surface area contributed by atoms with E-state index < -0.39 is 0 Å². The number of thiophene rings is 1. The molecular formula is C14H19N3OS. The lowest BCUT2D eigenvalue weighted by molar-refractivity contribution is 0.250. The monoisotopic (exact) mass is 277 g/mol. The quantitative estimate of drug-likeness (QED) is 0.933. The molecule has 2 aromatic rings. The Balaban J connectivity index is 1.62. The Bertz CT molecular complexity index is 549. The van der Waals surface area contributed by atoms with Gasteiger partial charge in [-0.1, -0.05) is 0 Å². The molecule has 2 aromatic heterocycles. The predicted molar refractivity (Wildman–Crippen MR) is 77.9 cm³/mol. The van der Waals surface area contributed by atoms with Crippen molar-refractivity contribution in [1.29, 1.82) is 0 Å². The fourth-order valence-electron chi connectivity index (χ4n) is 2.54. The van der Waals surface area contributed by atoms with Crippen molar-refractivity contribution in [2.24, 2.45) is 5.92 Å². The van der Waals surface area contributed by atoms with Crippen LogP contribution in [0.1, 0.15) is 24.8 Å². The summed E-state index contributed by atoms with van der Waals surface area (Å²) >= 11 is 1.66. The molecule has 0 bridgehead atoms. The summed E-state index contributed by atoms with van der Waals surface area (Å²) in [5, 5.41) is 5.55. The molecule has 1 N–H and O–H groups in total. The Morgan fingerprint density at radius 3 is 3.26 bits per heavy atom. The molecule has 1 saturated heterocycles.